The third-order valence-corrected chi connectivity index (χ3v) is 5.16. The number of nitrogens with zero attached hydrogens (tertiary/aromatic N) is 2. The average Bonchev–Trinajstić information content (AvgIpc) is 2.65. The van der Waals surface area contributed by atoms with Crippen LogP contribution in [0.4, 0.5) is 5.69 Å². The van der Waals surface area contributed by atoms with Gasteiger partial charge >= 0.3 is 0 Å². The highest BCUT2D eigenvalue weighted by molar-refractivity contribution is 6.01. The number of likely N-dealkylation sites (N-methyl/N-ethyl adjacent to an activating group) is 1. The first kappa shape index (κ1) is 18.7. The average molecular weight is 360 g/mol. The Kier molecular flexibility index (Phi) is 6.11. The number of amides is 2. The van der Waals surface area contributed by atoms with Gasteiger partial charge in [0.05, 0.1) is 13.0 Å². The molecule has 1 saturated heterocycles. The monoisotopic (exact) mass is 360 g/mol. The van der Waals surface area contributed by atoms with E-state index in [1.807, 2.05) is 6.07 Å². The molecule has 2 N–H and O–H groups in total. The predicted octanol–water partition coefficient (Wildman–Crippen LogP) is 0.875. The van der Waals surface area contributed by atoms with Gasteiger partial charge in [0.2, 0.25) is 11.8 Å². The first-order valence-corrected chi connectivity index (χ1v) is 9.23. The van der Waals surface area contributed by atoms with E-state index >= 15 is 0 Å². The second-order valence-electron chi connectivity index (χ2n) is 7.05. The number of hydrogen-bond donors (Lipinski definition) is 2. The molecular formula is C19H28N4O3. The van der Waals surface area contributed by atoms with Crippen LogP contribution in [-0.2, 0) is 9.59 Å². The lowest BCUT2D eigenvalue weighted by atomic mass is 9.89. The summed E-state index contributed by atoms with van der Waals surface area (Å²) in [6.07, 6.45) is 1.09. The summed E-state index contributed by atoms with van der Waals surface area (Å²) in [5, 5.41) is 5.83. The standard InChI is InChI=1S/C19H28N4O3/c1-22-8-10-23(11-9-22)7-3-6-20-19(25)16-13-18(24)21-17-5-4-14(26-2)12-15(16)17/h4-5,12,16H,3,6-11,13H2,1-2H3,(H,20,25)(H,21,24)/t16-/m1/s1. The second-order valence-corrected chi connectivity index (χ2v) is 7.05. The second kappa shape index (κ2) is 8.51. The van der Waals surface area contributed by atoms with E-state index in [4.69, 9.17) is 4.74 Å². The van der Waals surface area contributed by atoms with Crippen LogP contribution in [0.25, 0.3) is 0 Å². The normalized spacial score (nSPS) is 21.0. The number of nitrogens with one attached hydrogen (secondary N) is 2. The molecule has 0 bridgehead atoms. The van der Waals surface area contributed by atoms with Crippen molar-refractivity contribution >= 4 is 17.5 Å². The molecule has 2 heterocycles. The van der Waals surface area contributed by atoms with Crippen LogP contribution in [0.1, 0.15) is 24.3 Å². The Morgan fingerprint density at radius 3 is 2.81 bits per heavy atom. The summed E-state index contributed by atoms with van der Waals surface area (Å²) < 4.78 is 5.26. The molecule has 1 aromatic carbocycles. The smallest absolute Gasteiger partial charge is 0.228 e. The topological polar surface area (TPSA) is 73.9 Å². The number of ether oxygens (including phenoxy) is 1. The fourth-order valence-corrected chi connectivity index (χ4v) is 3.51. The van der Waals surface area contributed by atoms with Crippen LogP contribution in [0.5, 0.6) is 5.75 Å². The number of rotatable bonds is 6. The van der Waals surface area contributed by atoms with Gasteiger partial charge in [0.15, 0.2) is 0 Å². The van der Waals surface area contributed by atoms with Gasteiger partial charge in [-0.25, -0.2) is 0 Å². The molecule has 0 aromatic heterocycles. The number of benzene rings is 1. The number of hydrogen-bond acceptors (Lipinski definition) is 5. The minimum atomic E-state index is -0.461. The van der Waals surface area contributed by atoms with Gasteiger partial charge in [-0.2, -0.15) is 0 Å². The summed E-state index contributed by atoms with van der Waals surface area (Å²) in [4.78, 5) is 29.3. The Hall–Kier alpha value is -2.12. The molecule has 2 aliphatic heterocycles. The molecule has 7 heteroatoms. The lowest BCUT2D eigenvalue weighted by Crippen LogP contribution is -2.45. The molecule has 0 aliphatic carbocycles. The minimum absolute atomic E-state index is 0.0901. The van der Waals surface area contributed by atoms with E-state index in [2.05, 4.69) is 27.5 Å². The zero-order valence-electron chi connectivity index (χ0n) is 15.6. The van der Waals surface area contributed by atoms with E-state index in [0.29, 0.717) is 18.0 Å². The molecule has 3 rings (SSSR count). The highest BCUT2D eigenvalue weighted by atomic mass is 16.5. The zero-order valence-corrected chi connectivity index (χ0v) is 15.6. The largest absolute Gasteiger partial charge is 0.497 e. The fourth-order valence-electron chi connectivity index (χ4n) is 3.51. The van der Waals surface area contributed by atoms with Crippen molar-refractivity contribution in [2.75, 3.05) is 58.7 Å². The van der Waals surface area contributed by atoms with E-state index < -0.39 is 5.92 Å². The van der Waals surface area contributed by atoms with Crippen molar-refractivity contribution in [2.24, 2.45) is 0 Å². The van der Waals surface area contributed by atoms with Crippen molar-refractivity contribution in [3.63, 3.8) is 0 Å². The first-order chi connectivity index (χ1) is 12.6. The van der Waals surface area contributed by atoms with Crippen molar-refractivity contribution in [3.8, 4) is 5.75 Å². The molecule has 1 atom stereocenters. The molecule has 0 radical (unpaired) electrons. The summed E-state index contributed by atoms with van der Waals surface area (Å²) in [5.41, 5.74) is 1.51. The molecule has 2 aliphatic rings. The quantitative estimate of drug-likeness (QED) is 0.737. The SMILES string of the molecule is COc1ccc2c(c1)[C@H](C(=O)NCCCN1CCN(C)CC1)CC(=O)N2. The summed E-state index contributed by atoms with van der Waals surface area (Å²) in [7, 11) is 3.74. The summed E-state index contributed by atoms with van der Waals surface area (Å²) in [5.74, 6) is 0.0123. The Morgan fingerprint density at radius 2 is 2.08 bits per heavy atom. The van der Waals surface area contributed by atoms with E-state index in [1.54, 1.807) is 19.2 Å². The Balaban J connectivity index is 1.52. The van der Waals surface area contributed by atoms with Crippen LogP contribution in [0.15, 0.2) is 18.2 Å². The number of methoxy groups -OCH3 is 1. The van der Waals surface area contributed by atoms with E-state index in [0.717, 1.165) is 44.7 Å². The van der Waals surface area contributed by atoms with Crippen LogP contribution in [0.2, 0.25) is 0 Å². The maximum atomic E-state index is 12.6. The van der Waals surface area contributed by atoms with Crippen molar-refractivity contribution in [1.29, 1.82) is 0 Å². The first-order valence-electron chi connectivity index (χ1n) is 9.23. The van der Waals surface area contributed by atoms with E-state index in [1.165, 1.54) is 0 Å². The molecule has 1 fully saturated rings. The lowest BCUT2D eigenvalue weighted by molar-refractivity contribution is -0.126. The van der Waals surface area contributed by atoms with Crippen LogP contribution in [0.3, 0.4) is 0 Å². The van der Waals surface area contributed by atoms with Crippen LogP contribution < -0.4 is 15.4 Å². The van der Waals surface area contributed by atoms with Crippen molar-refractivity contribution < 1.29 is 14.3 Å². The third-order valence-electron chi connectivity index (χ3n) is 5.16. The molecule has 0 saturated carbocycles. The number of carbonyl (C=O) groups excluding carboxylic acids is 2. The molecular weight excluding hydrogens is 332 g/mol. The molecule has 0 spiro atoms. The molecule has 2 amide bonds. The number of fused-ring (bicyclic) bond motifs is 1. The lowest BCUT2D eigenvalue weighted by Gasteiger charge is -2.32. The van der Waals surface area contributed by atoms with Gasteiger partial charge in [-0.3, -0.25) is 9.59 Å². The minimum Gasteiger partial charge on any atom is -0.497 e. The highest BCUT2D eigenvalue weighted by Gasteiger charge is 2.30. The summed E-state index contributed by atoms with van der Waals surface area (Å²) in [6.45, 7) is 5.98. The van der Waals surface area contributed by atoms with Gasteiger partial charge in [-0.05, 0) is 43.8 Å². The maximum absolute atomic E-state index is 12.6. The number of carbonyl (C=O) groups is 2. The highest BCUT2D eigenvalue weighted by Crippen LogP contribution is 2.34. The zero-order chi connectivity index (χ0) is 18.5. The predicted molar refractivity (Wildman–Crippen MR) is 101 cm³/mol. The number of piperazine rings is 1. The summed E-state index contributed by atoms with van der Waals surface area (Å²) in [6, 6.07) is 5.41. The van der Waals surface area contributed by atoms with Crippen LogP contribution in [0, 0.1) is 0 Å². The van der Waals surface area contributed by atoms with Gasteiger partial charge < -0.3 is 25.2 Å². The van der Waals surface area contributed by atoms with E-state index in [9.17, 15) is 9.59 Å². The molecule has 0 unspecified atom stereocenters. The summed E-state index contributed by atoms with van der Waals surface area (Å²) >= 11 is 0. The van der Waals surface area contributed by atoms with Gasteiger partial charge in [-0.15, -0.1) is 0 Å². The fraction of sp³-hybridized carbons (Fsp3) is 0.579. The molecule has 26 heavy (non-hydrogen) atoms. The maximum Gasteiger partial charge on any atom is 0.228 e. The van der Waals surface area contributed by atoms with Gasteiger partial charge in [0.1, 0.15) is 5.75 Å². The molecule has 142 valence electrons. The van der Waals surface area contributed by atoms with Crippen molar-refractivity contribution in [3.05, 3.63) is 23.8 Å². The van der Waals surface area contributed by atoms with Crippen molar-refractivity contribution in [2.45, 2.75) is 18.8 Å². The Morgan fingerprint density at radius 1 is 1.31 bits per heavy atom. The molecule has 1 aromatic rings. The van der Waals surface area contributed by atoms with E-state index in [-0.39, 0.29) is 18.2 Å². The van der Waals surface area contributed by atoms with Crippen LogP contribution >= 0.6 is 0 Å². The molecule has 7 nitrogen and oxygen atoms in total. The number of anilines is 1. The third kappa shape index (κ3) is 4.53. The Bertz CT molecular complexity index is 656. The van der Waals surface area contributed by atoms with Gasteiger partial charge in [0.25, 0.3) is 0 Å². The van der Waals surface area contributed by atoms with Crippen molar-refractivity contribution in [1.82, 2.24) is 15.1 Å². The van der Waals surface area contributed by atoms with Gasteiger partial charge in [0, 0.05) is 44.8 Å². The van der Waals surface area contributed by atoms with Gasteiger partial charge in [-0.1, -0.05) is 0 Å². The van der Waals surface area contributed by atoms with Crippen LogP contribution in [-0.4, -0.2) is 75.0 Å². The Labute approximate surface area is 154 Å².